The highest BCUT2D eigenvalue weighted by atomic mass is 16.3. The van der Waals surface area contributed by atoms with Gasteiger partial charge >= 0.3 is 0 Å². The van der Waals surface area contributed by atoms with Crippen molar-refractivity contribution in [2.75, 3.05) is 0 Å². The van der Waals surface area contributed by atoms with Gasteiger partial charge in [-0.05, 0) is 5.92 Å². The van der Waals surface area contributed by atoms with E-state index in [0.717, 1.165) is 0 Å². The monoisotopic (exact) mass is 142 g/mol. The lowest BCUT2D eigenvalue weighted by atomic mass is 10.0. The number of aliphatic hydroxyl groups excluding tert-OH is 1. The van der Waals surface area contributed by atoms with Crippen molar-refractivity contribution in [3.05, 3.63) is 12.7 Å². The molecule has 2 nitrogen and oxygen atoms in total. The van der Waals surface area contributed by atoms with Gasteiger partial charge in [-0.15, -0.1) is 6.58 Å². The molecule has 1 N–H and O–H groups in total. The zero-order chi connectivity index (χ0) is 8.15. The van der Waals surface area contributed by atoms with Gasteiger partial charge < -0.3 is 5.11 Å². The second-order valence-electron chi connectivity index (χ2n) is 2.65. The van der Waals surface area contributed by atoms with Gasteiger partial charge in [-0.2, -0.15) is 0 Å². The zero-order valence-corrected chi connectivity index (χ0v) is 6.50. The summed E-state index contributed by atoms with van der Waals surface area (Å²) in [6.07, 6.45) is 0.950. The molecular weight excluding hydrogens is 128 g/mol. The van der Waals surface area contributed by atoms with E-state index < -0.39 is 6.10 Å². The lowest BCUT2D eigenvalue weighted by Gasteiger charge is -2.10. The maximum absolute atomic E-state index is 10.9. The molecule has 0 aromatic carbocycles. The van der Waals surface area contributed by atoms with Crippen LogP contribution in [0.3, 0.4) is 0 Å². The van der Waals surface area contributed by atoms with Crippen LogP contribution in [-0.4, -0.2) is 17.0 Å². The van der Waals surface area contributed by atoms with Gasteiger partial charge in [0.25, 0.3) is 0 Å². The molecule has 1 atom stereocenters. The number of hydrogen-bond donors (Lipinski definition) is 1. The van der Waals surface area contributed by atoms with Gasteiger partial charge in [0.2, 0.25) is 0 Å². The fraction of sp³-hybridized carbons (Fsp3) is 0.625. The van der Waals surface area contributed by atoms with Gasteiger partial charge in [0, 0.05) is 6.42 Å². The maximum atomic E-state index is 10.9. The lowest BCUT2D eigenvalue weighted by molar-refractivity contribution is -0.128. The number of hydrogen-bond acceptors (Lipinski definition) is 2. The molecule has 2 heteroatoms. The number of Topliss-reactive ketones (excluding diaryl/α,β-unsaturated/α-hetero) is 1. The second-order valence-corrected chi connectivity index (χ2v) is 2.65. The summed E-state index contributed by atoms with van der Waals surface area (Å²) in [5.41, 5.74) is 0. The van der Waals surface area contributed by atoms with E-state index in [4.69, 9.17) is 5.11 Å². The first-order valence-corrected chi connectivity index (χ1v) is 3.41. The Labute approximate surface area is 61.6 Å². The average molecular weight is 142 g/mol. The molecule has 0 rings (SSSR count). The third kappa shape index (κ3) is 2.78. The smallest absolute Gasteiger partial charge is 0.165 e. The molecule has 0 fully saturated rings. The summed E-state index contributed by atoms with van der Waals surface area (Å²) in [7, 11) is 0. The summed E-state index contributed by atoms with van der Waals surface area (Å²) in [4.78, 5) is 10.9. The molecule has 0 saturated carbocycles. The van der Waals surface area contributed by atoms with Crippen molar-refractivity contribution >= 4 is 5.78 Å². The maximum Gasteiger partial charge on any atom is 0.165 e. The van der Waals surface area contributed by atoms with Crippen molar-refractivity contribution in [2.24, 2.45) is 5.92 Å². The Morgan fingerprint density at radius 3 is 2.50 bits per heavy atom. The van der Waals surface area contributed by atoms with Crippen LogP contribution in [0.5, 0.6) is 0 Å². The molecule has 0 aliphatic heterocycles. The van der Waals surface area contributed by atoms with Gasteiger partial charge in [0.05, 0.1) is 0 Å². The Hall–Kier alpha value is -0.630. The predicted molar refractivity (Wildman–Crippen MR) is 40.7 cm³/mol. The first kappa shape index (κ1) is 9.37. The molecule has 10 heavy (non-hydrogen) atoms. The van der Waals surface area contributed by atoms with E-state index in [2.05, 4.69) is 6.58 Å². The molecule has 0 amide bonds. The molecule has 0 radical (unpaired) electrons. The van der Waals surface area contributed by atoms with Crippen LogP contribution in [0.15, 0.2) is 12.7 Å². The number of rotatable bonds is 4. The van der Waals surface area contributed by atoms with Crippen molar-refractivity contribution in [1.82, 2.24) is 0 Å². The van der Waals surface area contributed by atoms with E-state index in [1.54, 1.807) is 0 Å². The van der Waals surface area contributed by atoms with E-state index >= 15 is 0 Å². The molecule has 58 valence electrons. The lowest BCUT2D eigenvalue weighted by Crippen LogP contribution is -2.25. The van der Waals surface area contributed by atoms with Crippen LogP contribution in [0.4, 0.5) is 0 Å². The molecule has 1 unspecified atom stereocenters. The van der Waals surface area contributed by atoms with Gasteiger partial charge in [-0.1, -0.05) is 19.9 Å². The highest BCUT2D eigenvalue weighted by Gasteiger charge is 2.16. The number of carbonyl (C=O) groups is 1. The van der Waals surface area contributed by atoms with Crippen molar-refractivity contribution in [2.45, 2.75) is 26.4 Å². The molecule has 0 spiro atoms. The minimum Gasteiger partial charge on any atom is -0.385 e. The SMILES string of the molecule is C=CCC(=O)C(O)C(C)C. The molecule has 0 heterocycles. The standard InChI is InChI=1S/C8H14O2/c1-4-5-7(9)8(10)6(2)3/h4,6,8,10H,1,5H2,2-3H3. The summed E-state index contributed by atoms with van der Waals surface area (Å²) in [5, 5.41) is 9.13. The van der Waals surface area contributed by atoms with E-state index in [9.17, 15) is 4.79 Å². The Balaban J connectivity index is 3.81. The van der Waals surface area contributed by atoms with Crippen LogP contribution in [0.2, 0.25) is 0 Å². The summed E-state index contributed by atoms with van der Waals surface area (Å²) >= 11 is 0. The highest BCUT2D eigenvalue weighted by Crippen LogP contribution is 2.04. The third-order valence-corrected chi connectivity index (χ3v) is 1.31. The van der Waals surface area contributed by atoms with Crippen molar-refractivity contribution in [3.63, 3.8) is 0 Å². The van der Waals surface area contributed by atoms with E-state index in [-0.39, 0.29) is 18.1 Å². The normalized spacial score (nSPS) is 13.2. The van der Waals surface area contributed by atoms with Crippen LogP contribution in [0, 0.1) is 5.92 Å². The van der Waals surface area contributed by atoms with Crippen LogP contribution in [0.1, 0.15) is 20.3 Å². The Morgan fingerprint density at radius 2 is 2.20 bits per heavy atom. The quantitative estimate of drug-likeness (QED) is 0.598. The van der Waals surface area contributed by atoms with Crippen molar-refractivity contribution in [3.8, 4) is 0 Å². The van der Waals surface area contributed by atoms with E-state index in [1.807, 2.05) is 13.8 Å². The minimum absolute atomic E-state index is 0.00690. The van der Waals surface area contributed by atoms with Gasteiger partial charge in [-0.25, -0.2) is 0 Å². The summed E-state index contributed by atoms with van der Waals surface area (Å²) < 4.78 is 0. The second kappa shape index (κ2) is 4.23. The zero-order valence-electron chi connectivity index (χ0n) is 6.50. The van der Waals surface area contributed by atoms with Gasteiger partial charge in [-0.3, -0.25) is 4.79 Å². The van der Waals surface area contributed by atoms with Gasteiger partial charge in [0.15, 0.2) is 5.78 Å². The Morgan fingerprint density at radius 1 is 1.70 bits per heavy atom. The summed E-state index contributed by atoms with van der Waals surface area (Å²) in [6, 6.07) is 0. The highest BCUT2D eigenvalue weighted by molar-refractivity contribution is 5.84. The topological polar surface area (TPSA) is 37.3 Å². The predicted octanol–water partition coefficient (Wildman–Crippen LogP) is 1.15. The first-order chi connectivity index (χ1) is 4.59. The molecule has 0 aliphatic rings. The number of carbonyl (C=O) groups excluding carboxylic acids is 1. The fourth-order valence-corrected chi connectivity index (χ4v) is 0.635. The minimum atomic E-state index is -0.821. The Kier molecular flexibility index (Phi) is 3.96. The first-order valence-electron chi connectivity index (χ1n) is 3.41. The van der Waals surface area contributed by atoms with Crippen molar-refractivity contribution < 1.29 is 9.90 Å². The van der Waals surface area contributed by atoms with E-state index in [1.165, 1.54) is 6.08 Å². The van der Waals surface area contributed by atoms with E-state index in [0.29, 0.717) is 0 Å². The summed E-state index contributed by atoms with van der Waals surface area (Å²) in [5.74, 6) is -0.141. The van der Waals surface area contributed by atoms with Gasteiger partial charge in [0.1, 0.15) is 6.10 Å². The van der Waals surface area contributed by atoms with Crippen LogP contribution in [-0.2, 0) is 4.79 Å². The Bertz CT molecular complexity index is 127. The number of allylic oxidation sites excluding steroid dienone is 1. The molecular formula is C8H14O2. The largest absolute Gasteiger partial charge is 0.385 e. The van der Waals surface area contributed by atoms with Crippen molar-refractivity contribution in [1.29, 1.82) is 0 Å². The van der Waals surface area contributed by atoms with Crippen LogP contribution < -0.4 is 0 Å². The number of aliphatic hydroxyl groups is 1. The molecule has 0 aliphatic carbocycles. The molecule has 0 bridgehead atoms. The fourth-order valence-electron chi connectivity index (χ4n) is 0.635. The van der Waals surface area contributed by atoms with Crippen LogP contribution >= 0.6 is 0 Å². The number of ketones is 1. The molecule has 0 saturated heterocycles. The third-order valence-electron chi connectivity index (χ3n) is 1.31. The molecule has 0 aromatic heterocycles. The average Bonchev–Trinajstić information content (AvgIpc) is 1.87. The molecule has 0 aromatic rings. The van der Waals surface area contributed by atoms with Crippen LogP contribution in [0.25, 0.3) is 0 Å². The summed E-state index contributed by atoms with van der Waals surface area (Å²) in [6.45, 7) is 7.03.